The van der Waals surface area contributed by atoms with Gasteiger partial charge < -0.3 is 15.3 Å². The second kappa shape index (κ2) is 10.7. The molecule has 39 heavy (non-hydrogen) atoms. The summed E-state index contributed by atoms with van der Waals surface area (Å²) >= 11 is 6.25. The number of amides is 2. The van der Waals surface area contributed by atoms with E-state index in [1.165, 1.54) is 29.2 Å². The van der Waals surface area contributed by atoms with Crippen LogP contribution in [0.3, 0.4) is 0 Å². The lowest BCUT2D eigenvalue weighted by atomic mass is 9.88. The molecule has 10 heteroatoms. The third kappa shape index (κ3) is 5.39. The highest BCUT2D eigenvalue weighted by Gasteiger charge is 2.31. The number of carbonyl (C=O) groups is 3. The number of aromatic nitrogens is 2. The van der Waals surface area contributed by atoms with E-state index in [4.69, 9.17) is 11.6 Å². The normalized spacial score (nSPS) is 11.9. The van der Waals surface area contributed by atoms with Gasteiger partial charge in [-0.2, -0.15) is 5.10 Å². The Labute approximate surface area is 228 Å². The van der Waals surface area contributed by atoms with Crippen LogP contribution in [0.1, 0.15) is 37.5 Å². The van der Waals surface area contributed by atoms with Gasteiger partial charge in [0.2, 0.25) is 5.91 Å². The Morgan fingerprint density at radius 2 is 1.87 bits per heavy atom. The second-order valence-electron chi connectivity index (χ2n) is 9.29. The van der Waals surface area contributed by atoms with Crippen LogP contribution >= 0.6 is 11.6 Å². The van der Waals surface area contributed by atoms with E-state index in [1.54, 1.807) is 36.0 Å². The summed E-state index contributed by atoms with van der Waals surface area (Å²) in [5.41, 5.74) is 4.22. The molecule has 0 bridgehead atoms. The van der Waals surface area contributed by atoms with Crippen molar-refractivity contribution in [2.45, 2.75) is 19.4 Å². The highest BCUT2D eigenvalue weighted by Crippen LogP contribution is 2.37. The van der Waals surface area contributed by atoms with E-state index < -0.39 is 30.1 Å². The van der Waals surface area contributed by atoms with Crippen LogP contribution in [-0.4, -0.2) is 44.1 Å². The molecule has 1 aliphatic rings. The van der Waals surface area contributed by atoms with E-state index in [1.807, 2.05) is 18.2 Å². The number of carbonyl (C=O) groups excluding carboxylic acids is 2. The largest absolute Gasteiger partial charge is 0.478 e. The molecule has 5 rings (SSSR count). The number of halogens is 2. The Morgan fingerprint density at radius 3 is 2.64 bits per heavy atom. The third-order valence-corrected chi connectivity index (χ3v) is 6.89. The van der Waals surface area contributed by atoms with Gasteiger partial charge in [-0.15, -0.1) is 0 Å². The van der Waals surface area contributed by atoms with Gasteiger partial charge in [0.15, 0.2) is 5.69 Å². The summed E-state index contributed by atoms with van der Waals surface area (Å²) in [6, 6.07) is 17.5. The number of rotatable bonds is 7. The average Bonchev–Trinajstić information content (AvgIpc) is 3.25. The van der Waals surface area contributed by atoms with Gasteiger partial charge >= 0.3 is 5.97 Å². The van der Waals surface area contributed by atoms with E-state index in [0.29, 0.717) is 17.9 Å². The Hall–Kier alpha value is -4.50. The number of fused-ring (bicyclic) bond motifs is 3. The zero-order valence-corrected chi connectivity index (χ0v) is 21.7. The van der Waals surface area contributed by atoms with Crippen LogP contribution in [0.2, 0.25) is 5.02 Å². The summed E-state index contributed by atoms with van der Waals surface area (Å²) in [6.07, 6.45) is 1.26. The molecule has 8 nitrogen and oxygen atoms in total. The average molecular weight is 547 g/mol. The topological polar surface area (TPSA) is 105 Å². The first kappa shape index (κ1) is 26.1. The molecule has 0 saturated carbocycles. The number of hydrogen-bond acceptors (Lipinski definition) is 4. The molecule has 3 aromatic carbocycles. The van der Waals surface area contributed by atoms with E-state index in [-0.39, 0.29) is 29.1 Å². The fourth-order valence-corrected chi connectivity index (χ4v) is 5.02. The standard InChI is InChI=1S/C29H24ClFN4O4/c1-34-27-22(12-10-17-9-11-20(30)14-23(17)27)26(33-34)28(37)35(15-19-5-2-3-8-24(19)31)16-25(36)32-21-7-4-6-18(13-21)29(38)39/h2-9,11,13-14H,10,12,15-16H2,1H3,(H,32,36)(H,38,39). The number of nitrogens with one attached hydrogen (secondary N) is 1. The summed E-state index contributed by atoms with van der Waals surface area (Å²) in [5.74, 6) is -2.72. The van der Waals surface area contributed by atoms with Gasteiger partial charge in [0.1, 0.15) is 12.4 Å². The number of aromatic carboxylic acids is 1. The minimum absolute atomic E-state index is 0.00703. The van der Waals surface area contributed by atoms with Crippen LogP contribution < -0.4 is 5.32 Å². The van der Waals surface area contributed by atoms with Crippen molar-refractivity contribution in [1.29, 1.82) is 0 Å². The van der Waals surface area contributed by atoms with Crippen LogP contribution in [0.4, 0.5) is 10.1 Å². The Bertz CT molecular complexity index is 1620. The lowest BCUT2D eigenvalue weighted by Gasteiger charge is -2.23. The zero-order valence-electron chi connectivity index (χ0n) is 20.9. The number of anilines is 1. The fourth-order valence-electron chi connectivity index (χ4n) is 4.85. The minimum atomic E-state index is -1.13. The molecule has 1 aromatic heterocycles. The van der Waals surface area contributed by atoms with Crippen molar-refractivity contribution in [3.05, 3.63) is 106 Å². The molecule has 0 spiro atoms. The number of nitrogens with zero attached hydrogens (tertiary/aromatic N) is 3. The van der Waals surface area contributed by atoms with Crippen molar-refractivity contribution in [3.63, 3.8) is 0 Å². The van der Waals surface area contributed by atoms with E-state index in [2.05, 4.69) is 10.4 Å². The molecule has 0 atom stereocenters. The molecule has 4 aromatic rings. The van der Waals surface area contributed by atoms with Gasteiger partial charge in [-0.25, -0.2) is 9.18 Å². The predicted molar refractivity (Wildman–Crippen MR) is 144 cm³/mol. The maximum Gasteiger partial charge on any atom is 0.335 e. The maximum absolute atomic E-state index is 14.6. The van der Waals surface area contributed by atoms with Gasteiger partial charge in [0.25, 0.3) is 5.91 Å². The molecular weight excluding hydrogens is 523 g/mol. The minimum Gasteiger partial charge on any atom is -0.478 e. The molecule has 198 valence electrons. The monoisotopic (exact) mass is 546 g/mol. The van der Waals surface area contributed by atoms with Gasteiger partial charge in [-0.1, -0.05) is 41.9 Å². The summed E-state index contributed by atoms with van der Waals surface area (Å²) in [6.45, 7) is -0.569. The maximum atomic E-state index is 14.6. The third-order valence-electron chi connectivity index (χ3n) is 6.65. The molecule has 1 aliphatic carbocycles. The highest BCUT2D eigenvalue weighted by molar-refractivity contribution is 6.30. The quantitative estimate of drug-likeness (QED) is 0.341. The molecule has 0 unspecified atom stereocenters. The fraction of sp³-hybridized carbons (Fsp3) is 0.172. The summed E-state index contributed by atoms with van der Waals surface area (Å²) in [5, 5.41) is 17.0. The lowest BCUT2D eigenvalue weighted by Crippen LogP contribution is -2.38. The van der Waals surface area contributed by atoms with Gasteiger partial charge in [-0.05, 0) is 54.8 Å². The first-order valence-corrected chi connectivity index (χ1v) is 12.6. The summed E-state index contributed by atoms with van der Waals surface area (Å²) < 4.78 is 16.2. The van der Waals surface area contributed by atoms with Crippen molar-refractivity contribution >= 4 is 35.1 Å². The summed E-state index contributed by atoms with van der Waals surface area (Å²) in [7, 11) is 1.75. The van der Waals surface area contributed by atoms with Crippen LogP contribution in [0.15, 0.2) is 66.7 Å². The molecule has 0 fully saturated rings. The Balaban J connectivity index is 1.47. The number of benzene rings is 3. The molecule has 1 heterocycles. The van der Waals surface area contributed by atoms with E-state index in [0.717, 1.165) is 22.4 Å². The highest BCUT2D eigenvalue weighted by atomic mass is 35.5. The van der Waals surface area contributed by atoms with Crippen LogP contribution in [0.5, 0.6) is 0 Å². The second-order valence-corrected chi connectivity index (χ2v) is 9.72. The number of carboxylic acid groups (broad SMARTS) is 1. The number of aryl methyl sites for hydroxylation is 2. The SMILES string of the molecule is Cn1nc(C(=O)N(CC(=O)Nc2cccc(C(=O)O)c2)Cc2ccccc2F)c2c1-c1cc(Cl)ccc1CC2. The van der Waals surface area contributed by atoms with E-state index in [9.17, 15) is 23.9 Å². The van der Waals surface area contributed by atoms with Crippen molar-refractivity contribution in [2.24, 2.45) is 7.05 Å². The van der Waals surface area contributed by atoms with Crippen LogP contribution in [0.25, 0.3) is 11.3 Å². The summed E-state index contributed by atoms with van der Waals surface area (Å²) in [4.78, 5) is 39.5. The molecule has 0 saturated heterocycles. The van der Waals surface area contributed by atoms with Crippen LogP contribution in [0, 0.1) is 5.82 Å². The predicted octanol–water partition coefficient (Wildman–Crippen LogP) is 4.96. The Kier molecular flexibility index (Phi) is 7.17. The van der Waals surface area contributed by atoms with Crippen molar-refractivity contribution in [3.8, 4) is 11.3 Å². The van der Waals surface area contributed by atoms with Gasteiger partial charge in [0.05, 0.1) is 11.3 Å². The lowest BCUT2D eigenvalue weighted by molar-refractivity contribution is -0.117. The van der Waals surface area contributed by atoms with Crippen LogP contribution in [-0.2, 0) is 31.2 Å². The van der Waals surface area contributed by atoms with Crippen molar-refractivity contribution < 1.29 is 23.9 Å². The zero-order chi connectivity index (χ0) is 27.7. The number of carboxylic acids is 1. The van der Waals surface area contributed by atoms with E-state index >= 15 is 0 Å². The molecule has 0 aliphatic heterocycles. The van der Waals surface area contributed by atoms with Crippen molar-refractivity contribution in [2.75, 3.05) is 11.9 Å². The number of hydrogen-bond donors (Lipinski definition) is 2. The molecule has 2 amide bonds. The smallest absolute Gasteiger partial charge is 0.335 e. The van der Waals surface area contributed by atoms with Gasteiger partial charge in [-0.3, -0.25) is 14.3 Å². The molecule has 2 N–H and O–H groups in total. The van der Waals surface area contributed by atoms with Gasteiger partial charge in [0, 0.05) is 41.0 Å². The first-order valence-electron chi connectivity index (χ1n) is 12.2. The Morgan fingerprint density at radius 1 is 1.08 bits per heavy atom. The molecular formula is C29H24ClFN4O4. The molecule has 0 radical (unpaired) electrons. The first-order chi connectivity index (χ1) is 18.7. The van der Waals surface area contributed by atoms with Crippen molar-refractivity contribution in [1.82, 2.24) is 14.7 Å².